The number of rotatable bonds is 4. The third-order valence-electron chi connectivity index (χ3n) is 4.63. The van der Waals surface area contributed by atoms with Crippen molar-refractivity contribution in [2.45, 2.75) is 32.7 Å². The van der Waals surface area contributed by atoms with Crippen LogP contribution in [-0.2, 0) is 30.6 Å². The topological polar surface area (TPSA) is 56.7 Å². The number of aryl methyl sites for hydroxylation is 2. The normalized spacial score (nSPS) is 13.4. The fourth-order valence-electron chi connectivity index (χ4n) is 3.43. The molecule has 0 unspecified atom stereocenters. The first-order valence-electron chi connectivity index (χ1n) is 8.70. The van der Waals surface area contributed by atoms with Gasteiger partial charge in [-0.1, -0.05) is 18.2 Å². The Balaban J connectivity index is 1.71. The highest BCUT2D eigenvalue weighted by atomic mass is 32.1. The van der Waals surface area contributed by atoms with Gasteiger partial charge in [0.05, 0.1) is 25.5 Å². The molecular weight excluding hydrogens is 348 g/mol. The number of para-hydroxylation sites is 1. The molecular formula is C20H20N2O3S. The number of aromatic nitrogens is 1. The van der Waals surface area contributed by atoms with Gasteiger partial charge in [-0.05, 0) is 25.5 Å². The Bertz CT molecular complexity index is 1030. The third-order valence-corrected chi connectivity index (χ3v) is 5.77. The van der Waals surface area contributed by atoms with Crippen LogP contribution < -0.4 is 9.54 Å². The molecule has 0 radical (unpaired) electrons. The van der Waals surface area contributed by atoms with Crippen molar-refractivity contribution in [3.63, 3.8) is 0 Å². The Morgan fingerprint density at radius 2 is 2.15 bits per heavy atom. The highest BCUT2D eigenvalue weighted by molar-refractivity contribution is 7.09. The average Bonchev–Trinajstić information content (AvgIpc) is 3.25. The quantitative estimate of drug-likeness (QED) is 0.707. The minimum atomic E-state index is -0.164. The van der Waals surface area contributed by atoms with E-state index < -0.39 is 0 Å². The molecule has 0 atom stereocenters. The van der Waals surface area contributed by atoms with Crippen molar-refractivity contribution in [3.05, 3.63) is 57.6 Å². The van der Waals surface area contributed by atoms with E-state index >= 15 is 0 Å². The minimum absolute atomic E-state index is 0.164. The highest BCUT2D eigenvalue weighted by Crippen LogP contribution is 2.35. The van der Waals surface area contributed by atoms with E-state index in [9.17, 15) is 4.79 Å². The summed E-state index contributed by atoms with van der Waals surface area (Å²) in [6.07, 6.45) is 3.79. The zero-order chi connectivity index (χ0) is 18.1. The Hall–Kier alpha value is -2.60. The van der Waals surface area contributed by atoms with Crippen LogP contribution in [0.15, 0.2) is 46.0 Å². The van der Waals surface area contributed by atoms with Crippen LogP contribution in [0.3, 0.4) is 0 Å². The molecule has 0 N–H and O–H groups in total. The Labute approximate surface area is 155 Å². The number of amides is 1. The number of thiazole rings is 1. The second kappa shape index (κ2) is 6.96. The van der Waals surface area contributed by atoms with Gasteiger partial charge in [0.15, 0.2) is 4.80 Å². The number of furan rings is 1. The maximum atomic E-state index is 12.6. The molecule has 3 aromatic rings. The average molecular weight is 368 g/mol. The summed E-state index contributed by atoms with van der Waals surface area (Å²) < 4.78 is 13.0. The van der Waals surface area contributed by atoms with Crippen molar-refractivity contribution in [1.82, 2.24) is 4.57 Å². The lowest BCUT2D eigenvalue weighted by molar-refractivity contribution is -0.117. The smallest absolute Gasteiger partial charge is 0.252 e. The van der Waals surface area contributed by atoms with Crippen molar-refractivity contribution in [2.75, 3.05) is 7.11 Å². The Kier molecular flexibility index (Phi) is 4.51. The first-order valence-corrected chi connectivity index (χ1v) is 9.51. The molecule has 1 aromatic carbocycles. The van der Waals surface area contributed by atoms with Crippen molar-refractivity contribution < 1.29 is 13.9 Å². The van der Waals surface area contributed by atoms with Gasteiger partial charge < -0.3 is 13.7 Å². The SMILES string of the molecule is CCn1c2c(sc1=NC(=O)Cc1ccccc1OC)CCc1occc1-2. The van der Waals surface area contributed by atoms with E-state index in [1.807, 2.05) is 30.3 Å². The zero-order valence-corrected chi connectivity index (χ0v) is 15.6. The first-order chi connectivity index (χ1) is 12.7. The lowest BCUT2D eigenvalue weighted by atomic mass is 10.0. The second-order valence-electron chi connectivity index (χ2n) is 6.15. The predicted molar refractivity (Wildman–Crippen MR) is 100 cm³/mol. The van der Waals surface area contributed by atoms with Gasteiger partial charge >= 0.3 is 0 Å². The van der Waals surface area contributed by atoms with E-state index in [0.717, 1.165) is 46.8 Å². The Morgan fingerprint density at radius 3 is 2.96 bits per heavy atom. The fourth-order valence-corrected chi connectivity index (χ4v) is 4.65. The molecule has 0 aliphatic heterocycles. The van der Waals surface area contributed by atoms with Crippen LogP contribution in [0.5, 0.6) is 5.75 Å². The van der Waals surface area contributed by atoms with Gasteiger partial charge in [0, 0.05) is 29.0 Å². The summed E-state index contributed by atoms with van der Waals surface area (Å²) in [6, 6.07) is 9.57. The number of hydrogen-bond acceptors (Lipinski definition) is 4. The summed E-state index contributed by atoms with van der Waals surface area (Å²) >= 11 is 1.60. The van der Waals surface area contributed by atoms with E-state index in [-0.39, 0.29) is 12.3 Å². The summed E-state index contributed by atoms with van der Waals surface area (Å²) in [4.78, 5) is 19.0. The fraction of sp³-hybridized carbons (Fsp3) is 0.300. The van der Waals surface area contributed by atoms with Crippen LogP contribution in [0, 0.1) is 0 Å². The van der Waals surface area contributed by atoms with Gasteiger partial charge in [0.25, 0.3) is 5.91 Å². The number of benzene rings is 1. The molecule has 26 heavy (non-hydrogen) atoms. The lowest BCUT2D eigenvalue weighted by Crippen LogP contribution is -2.18. The summed E-state index contributed by atoms with van der Waals surface area (Å²) in [5, 5.41) is 0. The molecule has 0 fully saturated rings. The maximum Gasteiger partial charge on any atom is 0.252 e. The van der Waals surface area contributed by atoms with E-state index in [0.29, 0.717) is 5.75 Å². The summed E-state index contributed by atoms with van der Waals surface area (Å²) in [5.74, 6) is 1.57. The number of hydrogen-bond donors (Lipinski definition) is 0. The van der Waals surface area contributed by atoms with Crippen LogP contribution in [-0.4, -0.2) is 17.6 Å². The highest BCUT2D eigenvalue weighted by Gasteiger charge is 2.24. The molecule has 134 valence electrons. The van der Waals surface area contributed by atoms with Crippen molar-refractivity contribution >= 4 is 17.2 Å². The maximum absolute atomic E-state index is 12.6. The number of carbonyl (C=O) groups excluding carboxylic acids is 1. The molecule has 2 heterocycles. The lowest BCUT2D eigenvalue weighted by Gasteiger charge is -2.13. The molecule has 0 spiro atoms. The van der Waals surface area contributed by atoms with Crippen molar-refractivity contribution in [2.24, 2.45) is 4.99 Å². The zero-order valence-electron chi connectivity index (χ0n) is 14.8. The molecule has 1 aliphatic carbocycles. The van der Waals surface area contributed by atoms with E-state index in [1.54, 1.807) is 24.7 Å². The molecule has 0 bridgehead atoms. The van der Waals surface area contributed by atoms with Gasteiger partial charge in [-0.15, -0.1) is 11.3 Å². The van der Waals surface area contributed by atoms with Crippen LogP contribution >= 0.6 is 11.3 Å². The standard InChI is InChI=1S/C20H20N2O3S/c1-3-22-19-14-10-11-25-16(14)8-9-17(19)26-20(22)21-18(23)12-13-6-4-5-7-15(13)24-2/h4-7,10-11H,3,8-9,12H2,1-2H3. The predicted octanol–water partition coefficient (Wildman–Crippen LogP) is 3.61. The van der Waals surface area contributed by atoms with Gasteiger partial charge in [0.1, 0.15) is 11.5 Å². The molecule has 0 saturated heterocycles. The summed E-state index contributed by atoms with van der Waals surface area (Å²) in [6.45, 7) is 2.84. The third kappa shape index (κ3) is 2.90. The second-order valence-corrected chi connectivity index (χ2v) is 7.21. The minimum Gasteiger partial charge on any atom is -0.496 e. The number of ether oxygens (including phenoxy) is 1. The summed E-state index contributed by atoms with van der Waals surface area (Å²) in [5.41, 5.74) is 3.13. The van der Waals surface area contributed by atoms with E-state index in [2.05, 4.69) is 16.5 Å². The number of methoxy groups -OCH3 is 1. The number of nitrogens with zero attached hydrogens (tertiary/aromatic N) is 2. The number of fused-ring (bicyclic) bond motifs is 3. The van der Waals surface area contributed by atoms with Crippen LogP contribution in [0.4, 0.5) is 0 Å². The van der Waals surface area contributed by atoms with Gasteiger partial charge in [-0.25, -0.2) is 0 Å². The molecule has 0 saturated carbocycles. The molecule has 1 amide bonds. The summed E-state index contributed by atoms with van der Waals surface area (Å²) in [7, 11) is 1.61. The van der Waals surface area contributed by atoms with Gasteiger partial charge in [-0.3, -0.25) is 4.79 Å². The van der Waals surface area contributed by atoms with Crippen molar-refractivity contribution in [1.29, 1.82) is 0 Å². The molecule has 5 nitrogen and oxygen atoms in total. The van der Waals surface area contributed by atoms with E-state index in [4.69, 9.17) is 9.15 Å². The van der Waals surface area contributed by atoms with Gasteiger partial charge in [0.2, 0.25) is 0 Å². The van der Waals surface area contributed by atoms with E-state index in [1.165, 1.54) is 4.88 Å². The van der Waals surface area contributed by atoms with Crippen LogP contribution in [0.2, 0.25) is 0 Å². The largest absolute Gasteiger partial charge is 0.496 e. The van der Waals surface area contributed by atoms with Crippen LogP contribution in [0.25, 0.3) is 11.3 Å². The molecule has 2 aromatic heterocycles. The molecule has 6 heteroatoms. The van der Waals surface area contributed by atoms with Crippen LogP contribution in [0.1, 0.15) is 23.1 Å². The monoisotopic (exact) mass is 368 g/mol. The van der Waals surface area contributed by atoms with Gasteiger partial charge in [-0.2, -0.15) is 4.99 Å². The van der Waals surface area contributed by atoms with Crippen molar-refractivity contribution in [3.8, 4) is 17.0 Å². The first kappa shape index (κ1) is 16.8. The molecule has 4 rings (SSSR count). The Morgan fingerprint density at radius 1 is 1.31 bits per heavy atom. The molecule has 1 aliphatic rings. The number of carbonyl (C=O) groups is 1.